The molecule has 0 N–H and O–H groups in total. The molecule has 0 saturated carbocycles. The third-order valence-corrected chi connectivity index (χ3v) is 4.55. The van der Waals surface area contributed by atoms with E-state index < -0.39 is 10.0 Å². The largest absolute Gasteiger partial charge is 0.380 e. The summed E-state index contributed by atoms with van der Waals surface area (Å²) in [7, 11) is -3.53. The first-order chi connectivity index (χ1) is 8.52. The monoisotopic (exact) mass is 292 g/mol. The number of hydrogen-bond donors (Lipinski definition) is 0. The highest BCUT2D eigenvalue weighted by molar-refractivity contribution is 7.89. The second-order valence-corrected chi connectivity index (χ2v) is 5.83. The molecule has 102 valence electrons. The van der Waals surface area contributed by atoms with Gasteiger partial charge in [-0.2, -0.15) is 4.31 Å². The Hall–Kier alpha value is -0.690. The molecular formula is C11H17ClN2O3S. The van der Waals surface area contributed by atoms with Gasteiger partial charge in [-0.1, -0.05) is 18.5 Å². The van der Waals surface area contributed by atoms with Gasteiger partial charge in [-0.15, -0.1) is 0 Å². The van der Waals surface area contributed by atoms with Crippen LogP contribution in [0.4, 0.5) is 0 Å². The summed E-state index contributed by atoms with van der Waals surface area (Å²) >= 11 is 5.71. The Balaban J connectivity index is 2.89. The molecule has 0 fully saturated rings. The molecule has 0 saturated heterocycles. The number of sulfonamides is 1. The first-order valence-corrected chi connectivity index (χ1v) is 7.53. The maximum Gasteiger partial charge on any atom is 0.243 e. The fourth-order valence-electron chi connectivity index (χ4n) is 1.45. The summed E-state index contributed by atoms with van der Waals surface area (Å²) in [4.78, 5) is 3.93. The van der Waals surface area contributed by atoms with E-state index in [4.69, 9.17) is 16.3 Å². The highest BCUT2D eigenvalue weighted by Crippen LogP contribution is 2.17. The van der Waals surface area contributed by atoms with Crippen LogP contribution in [0, 0.1) is 0 Å². The van der Waals surface area contributed by atoms with Gasteiger partial charge in [0.2, 0.25) is 10.0 Å². The molecule has 0 aromatic carbocycles. The van der Waals surface area contributed by atoms with E-state index in [-0.39, 0.29) is 10.0 Å². The Kier molecular flexibility index (Phi) is 6.01. The van der Waals surface area contributed by atoms with Gasteiger partial charge in [0.1, 0.15) is 5.15 Å². The number of rotatable bonds is 7. The van der Waals surface area contributed by atoms with Crippen LogP contribution in [-0.4, -0.2) is 44.0 Å². The van der Waals surface area contributed by atoms with Crippen LogP contribution in [0.2, 0.25) is 5.15 Å². The standard InChI is InChI=1S/C11H17ClN2O3S/c1-3-14(7-8-17-4-2)18(15,16)10-5-6-13-11(12)9-10/h5-6,9H,3-4,7-8H2,1-2H3. The van der Waals surface area contributed by atoms with Crippen molar-refractivity contribution in [3.05, 3.63) is 23.5 Å². The van der Waals surface area contributed by atoms with Crippen LogP contribution in [0.3, 0.4) is 0 Å². The van der Waals surface area contributed by atoms with Crippen molar-refractivity contribution in [3.63, 3.8) is 0 Å². The molecule has 0 unspecified atom stereocenters. The van der Waals surface area contributed by atoms with E-state index in [2.05, 4.69) is 4.98 Å². The van der Waals surface area contributed by atoms with Crippen LogP contribution >= 0.6 is 11.6 Å². The minimum Gasteiger partial charge on any atom is -0.380 e. The second kappa shape index (κ2) is 7.04. The molecule has 1 heterocycles. The number of aromatic nitrogens is 1. The van der Waals surface area contributed by atoms with Crippen molar-refractivity contribution in [2.45, 2.75) is 18.7 Å². The third-order valence-electron chi connectivity index (χ3n) is 2.38. The zero-order chi connectivity index (χ0) is 13.6. The Morgan fingerprint density at radius 3 is 2.72 bits per heavy atom. The zero-order valence-corrected chi connectivity index (χ0v) is 12.0. The quantitative estimate of drug-likeness (QED) is 0.568. The van der Waals surface area contributed by atoms with Gasteiger partial charge < -0.3 is 4.74 Å². The van der Waals surface area contributed by atoms with E-state index in [0.29, 0.717) is 26.3 Å². The lowest BCUT2D eigenvalue weighted by Gasteiger charge is -2.20. The number of nitrogens with zero attached hydrogens (tertiary/aromatic N) is 2. The van der Waals surface area contributed by atoms with Crippen LogP contribution in [0.25, 0.3) is 0 Å². The average molecular weight is 293 g/mol. The fraction of sp³-hybridized carbons (Fsp3) is 0.545. The maximum atomic E-state index is 12.3. The van der Waals surface area contributed by atoms with Gasteiger partial charge in [-0.3, -0.25) is 0 Å². The van der Waals surface area contributed by atoms with Crippen molar-refractivity contribution in [1.82, 2.24) is 9.29 Å². The Bertz CT molecular complexity index is 479. The lowest BCUT2D eigenvalue weighted by molar-refractivity contribution is 0.135. The summed E-state index contributed by atoms with van der Waals surface area (Å²) in [6.07, 6.45) is 1.38. The van der Waals surface area contributed by atoms with Crippen molar-refractivity contribution in [2.24, 2.45) is 0 Å². The predicted molar refractivity (Wildman–Crippen MR) is 70.2 cm³/mol. The molecule has 18 heavy (non-hydrogen) atoms. The van der Waals surface area contributed by atoms with Crippen LogP contribution in [0.5, 0.6) is 0 Å². The molecule has 0 aliphatic carbocycles. The predicted octanol–water partition coefficient (Wildman–Crippen LogP) is 1.78. The second-order valence-electron chi connectivity index (χ2n) is 3.51. The van der Waals surface area contributed by atoms with Crippen LogP contribution in [0.15, 0.2) is 23.2 Å². The zero-order valence-electron chi connectivity index (χ0n) is 10.5. The van der Waals surface area contributed by atoms with Gasteiger partial charge in [-0.25, -0.2) is 13.4 Å². The highest BCUT2D eigenvalue weighted by atomic mass is 35.5. The van der Waals surface area contributed by atoms with Gasteiger partial charge >= 0.3 is 0 Å². The number of halogens is 1. The molecule has 7 heteroatoms. The summed E-state index contributed by atoms with van der Waals surface area (Å²) in [5.41, 5.74) is 0. The van der Waals surface area contributed by atoms with Crippen molar-refractivity contribution in [1.29, 1.82) is 0 Å². The molecule has 5 nitrogen and oxygen atoms in total. The molecule has 0 aliphatic heterocycles. The van der Waals surface area contributed by atoms with E-state index in [0.717, 1.165) is 0 Å². The molecule has 1 rings (SSSR count). The lowest BCUT2D eigenvalue weighted by atomic mass is 10.5. The Labute approximate surface area is 113 Å². The van der Waals surface area contributed by atoms with Crippen LogP contribution < -0.4 is 0 Å². The van der Waals surface area contributed by atoms with Crippen molar-refractivity contribution in [3.8, 4) is 0 Å². The van der Waals surface area contributed by atoms with E-state index in [1.54, 1.807) is 6.92 Å². The SMILES string of the molecule is CCOCCN(CC)S(=O)(=O)c1ccnc(Cl)c1. The van der Waals surface area contributed by atoms with Gasteiger partial charge in [0.25, 0.3) is 0 Å². The van der Waals surface area contributed by atoms with Gasteiger partial charge in [0.05, 0.1) is 11.5 Å². The molecule has 1 aromatic heterocycles. The third kappa shape index (κ3) is 3.91. The molecule has 0 atom stereocenters. The number of likely N-dealkylation sites (N-methyl/N-ethyl adjacent to an activating group) is 1. The molecule has 0 radical (unpaired) electrons. The molecule has 0 aliphatic rings. The molecule has 0 amide bonds. The van der Waals surface area contributed by atoms with Gasteiger partial charge in [0, 0.05) is 25.9 Å². The van der Waals surface area contributed by atoms with Gasteiger partial charge in [-0.05, 0) is 19.1 Å². The molecule has 1 aromatic rings. The number of pyridine rings is 1. The van der Waals surface area contributed by atoms with Crippen LogP contribution in [-0.2, 0) is 14.8 Å². The fourth-order valence-corrected chi connectivity index (χ4v) is 3.14. The molecule has 0 bridgehead atoms. The molecule has 0 spiro atoms. The Morgan fingerprint density at radius 2 is 2.17 bits per heavy atom. The summed E-state index contributed by atoms with van der Waals surface area (Å²) in [6, 6.07) is 2.78. The summed E-state index contributed by atoms with van der Waals surface area (Å²) in [5, 5.41) is 0.164. The number of ether oxygens (including phenoxy) is 1. The first-order valence-electron chi connectivity index (χ1n) is 5.71. The molecular weight excluding hydrogens is 276 g/mol. The average Bonchev–Trinajstić information content (AvgIpc) is 2.34. The first kappa shape index (κ1) is 15.4. The van der Waals surface area contributed by atoms with Crippen molar-refractivity contribution < 1.29 is 13.2 Å². The summed E-state index contributed by atoms with van der Waals surface area (Å²) in [6.45, 7) is 5.31. The van der Waals surface area contributed by atoms with E-state index >= 15 is 0 Å². The smallest absolute Gasteiger partial charge is 0.243 e. The van der Waals surface area contributed by atoms with Crippen molar-refractivity contribution >= 4 is 21.6 Å². The minimum absolute atomic E-state index is 0.154. The summed E-state index contributed by atoms with van der Waals surface area (Å²) < 4.78 is 31.1. The minimum atomic E-state index is -3.53. The van der Waals surface area contributed by atoms with Crippen LogP contribution in [0.1, 0.15) is 13.8 Å². The maximum absolute atomic E-state index is 12.3. The van der Waals surface area contributed by atoms with Gasteiger partial charge in [0.15, 0.2) is 0 Å². The Morgan fingerprint density at radius 1 is 1.44 bits per heavy atom. The normalized spacial score (nSPS) is 12.0. The van der Waals surface area contributed by atoms with E-state index in [1.807, 2.05) is 6.92 Å². The highest BCUT2D eigenvalue weighted by Gasteiger charge is 2.23. The summed E-state index contributed by atoms with van der Waals surface area (Å²) in [5.74, 6) is 0. The van der Waals surface area contributed by atoms with E-state index in [9.17, 15) is 8.42 Å². The topological polar surface area (TPSA) is 59.5 Å². The lowest BCUT2D eigenvalue weighted by Crippen LogP contribution is -2.34. The van der Waals surface area contributed by atoms with E-state index in [1.165, 1.54) is 22.6 Å². The van der Waals surface area contributed by atoms with Crippen molar-refractivity contribution in [2.75, 3.05) is 26.3 Å². The number of hydrogen-bond acceptors (Lipinski definition) is 4.